The molecule has 0 aliphatic heterocycles. The predicted molar refractivity (Wildman–Crippen MR) is 112 cm³/mol. The smallest absolute Gasteiger partial charge is 0.269 e. The summed E-state index contributed by atoms with van der Waals surface area (Å²) < 4.78 is 1.06. The van der Waals surface area contributed by atoms with Crippen LogP contribution in [0.5, 0.6) is 0 Å². The van der Waals surface area contributed by atoms with Gasteiger partial charge in [0.2, 0.25) is 0 Å². The number of thiazole rings is 1. The van der Waals surface area contributed by atoms with E-state index in [2.05, 4.69) is 31.1 Å². The number of hydrazine groups is 1. The van der Waals surface area contributed by atoms with Crippen molar-refractivity contribution in [3.05, 3.63) is 66.0 Å². The number of amides is 1. The lowest BCUT2D eigenvalue weighted by atomic mass is 10.1. The van der Waals surface area contributed by atoms with Crippen molar-refractivity contribution in [3.63, 3.8) is 0 Å². The first-order valence-electron chi connectivity index (χ1n) is 8.46. The van der Waals surface area contributed by atoms with E-state index in [4.69, 9.17) is 5.73 Å². The minimum atomic E-state index is -0.293. The van der Waals surface area contributed by atoms with E-state index in [0.29, 0.717) is 22.3 Å². The molecule has 28 heavy (non-hydrogen) atoms. The van der Waals surface area contributed by atoms with Crippen molar-refractivity contribution in [2.75, 3.05) is 16.5 Å². The average molecular weight is 391 g/mol. The normalized spacial score (nSPS) is 10.6. The van der Waals surface area contributed by atoms with E-state index in [9.17, 15) is 4.79 Å². The maximum absolute atomic E-state index is 12.2. The Balaban J connectivity index is 1.48. The molecule has 9 heteroatoms. The number of fused-ring (bicyclic) bond motifs is 1. The fourth-order valence-electron chi connectivity index (χ4n) is 2.51. The number of hydrogen-bond acceptors (Lipinski definition) is 8. The Hall–Kier alpha value is -3.72. The van der Waals surface area contributed by atoms with Gasteiger partial charge in [-0.15, -0.1) is 0 Å². The summed E-state index contributed by atoms with van der Waals surface area (Å²) in [4.78, 5) is 25.0. The number of carbonyl (C=O) groups is 1. The lowest BCUT2D eigenvalue weighted by Gasteiger charge is -2.12. The number of rotatable bonds is 5. The van der Waals surface area contributed by atoms with Gasteiger partial charge in [-0.1, -0.05) is 41.2 Å². The second-order valence-corrected chi connectivity index (χ2v) is 7.07. The van der Waals surface area contributed by atoms with Gasteiger partial charge in [0.25, 0.3) is 5.91 Å². The highest BCUT2D eigenvalue weighted by Crippen LogP contribution is 2.30. The number of nitrogens with one attached hydrogen (secondary N) is 3. The van der Waals surface area contributed by atoms with Gasteiger partial charge in [-0.25, -0.2) is 15.0 Å². The van der Waals surface area contributed by atoms with Crippen LogP contribution in [0.3, 0.4) is 0 Å². The van der Waals surface area contributed by atoms with Crippen LogP contribution >= 0.6 is 11.3 Å². The molecule has 0 atom stereocenters. The Bertz CT molecular complexity index is 1110. The summed E-state index contributed by atoms with van der Waals surface area (Å²) in [5.74, 6) is 0.402. The lowest BCUT2D eigenvalue weighted by molar-refractivity contribution is 0.0962. The predicted octanol–water partition coefficient (Wildman–Crippen LogP) is 3.48. The lowest BCUT2D eigenvalue weighted by Crippen LogP contribution is -2.30. The standard InChI is InChI=1S/C19H17N7OS/c1-11-6-8-12(9-7-11)18(27)26-25-17-15(20)16(21-10-22-17)24-19-23-13-4-2-3-5-14(13)28-19/h2-10H,20H2,1H3,(H,26,27)(H2,21,22,23,24,25). The highest BCUT2D eigenvalue weighted by Gasteiger charge is 2.12. The van der Waals surface area contributed by atoms with E-state index in [1.807, 2.05) is 43.3 Å². The molecule has 2 aromatic carbocycles. The number of nitrogens with two attached hydrogens (primary N) is 1. The number of carbonyl (C=O) groups excluding carboxylic acids is 1. The van der Waals surface area contributed by atoms with Crippen molar-refractivity contribution < 1.29 is 4.79 Å². The average Bonchev–Trinajstić information content (AvgIpc) is 3.11. The number of aromatic nitrogens is 3. The molecule has 0 spiro atoms. The molecule has 2 heterocycles. The number of nitrogen functional groups attached to an aromatic ring is 1. The van der Waals surface area contributed by atoms with E-state index in [1.54, 1.807) is 12.1 Å². The van der Waals surface area contributed by atoms with Gasteiger partial charge in [-0.2, -0.15) is 0 Å². The molecular weight excluding hydrogens is 374 g/mol. The first-order valence-corrected chi connectivity index (χ1v) is 9.28. The van der Waals surface area contributed by atoms with E-state index in [1.165, 1.54) is 17.7 Å². The van der Waals surface area contributed by atoms with Crippen molar-refractivity contribution in [2.45, 2.75) is 6.92 Å². The van der Waals surface area contributed by atoms with Gasteiger partial charge >= 0.3 is 0 Å². The Morgan fingerprint density at radius 3 is 2.57 bits per heavy atom. The summed E-state index contributed by atoms with van der Waals surface area (Å²) >= 11 is 1.49. The Labute approximate surface area is 164 Å². The van der Waals surface area contributed by atoms with E-state index >= 15 is 0 Å². The topological polar surface area (TPSA) is 118 Å². The minimum Gasteiger partial charge on any atom is -0.393 e. The van der Waals surface area contributed by atoms with Crippen LogP contribution in [0.15, 0.2) is 54.9 Å². The van der Waals surface area contributed by atoms with Crippen LogP contribution in [0.25, 0.3) is 10.2 Å². The first-order chi connectivity index (χ1) is 13.6. The second kappa shape index (κ2) is 7.49. The zero-order chi connectivity index (χ0) is 19.5. The van der Waals surface area contributed by atoms with Crippen molar-refractivity contribution in [1.82, 2.24) is 20.4 Å². The summed E-state index contributed by atoms with van der Waals surface area (Å²) in [6.45, 7) is 1.96. The third-order valence-electron chi connectivity index (χ3n) is 4.01. The third-order valence-corrected chi connectivity index (χ3v) is 4.96. The zero-order valence-corrected chi connectivity index (χ0v) is 15.7. The Morgan fingerprint density at radius 2 is 1.79 bits per heavy atom. The third kappa shape index (κ3) is 3.69. The van der Waals surface area contributed by atoms with Crippen molar-refractivity contribution in [2.24, 2.45) is 0 Å². The van der Waals surface area contributed by atoms with Crippen molar-refractivity contribution in [3.8, 4) is 0 Å². The van der Waals surface area contributed by atoms with Crippen LogP contribution in [0.1, 0.15) is 15.9 Å². The Morgan fingerprint density at radius 1 is 1.04 bits per heavy atom. The molecule has 8 nitrogen and oxygen atoms in total. The first kappa shape index (κ1) is 17.7. The molecule has 0 aliphatic carbocycles. The fourth-order valence-corrected chi connectivity index (χ4v) is 3.38. The number of aryl methyl sites for hydroxylation is 1. The van der Waals surface area contributed by atoms with Crippen LogP contribution in [-0.4, -0.2) is 20.9 Å². The largest absolute Gasteiger partial charge is 0.393 e. The zero-order valence-electron chi connectivity index (χ0n) is 14.9. The molecule has 0 saturated carbocycles. The van der Waals surface area contributed by atoms with Gasteiger partial charge < -0.3 is 11.1 Å². The van der Waals surface area contributed by atoms with Gasteiger partial charge in [0, 0.05) is 5.56 Å². The summed E-state index contributed by atoms with van der Waals surface area (Å²) in [6, 6.07) is 15.1. The van der Waals surface area contributed by atoms with E-state index in [-0.39, 0.29) is 11.6 Å². The van der Waals surface area contributed by atoms with Crippen LogP contribution in [0.2, 0.25) is 0 Å². The summed E-state index contributed by atoms with van der Waals surface area (Å²) in [5.41, 5.74) is 14.2. The summed E-state index contributed by atoms with van der Waals surface area (Å²) in [7, 11) is 0. The van der Waals surface area contributed by atoms with Crippen LogP contribution in [0.4, 0.5) is 22.5 Å². The molecule has 0 unspecified atom stereocenters. The van der Waals surface area contributed by atoms with E-state index < -0.39 is 0 Å². The highest BCUT2D eigenvalue weighted by atomic mass is 32.1. The number of anilines is 4. The molecule has 1 amide bonds. The number of benzene rings is 2. The molecule has 0 saturated heterocycles. The summed E-state index contributed by atoms with van der Waals surface area (Å²) in [6.07, 6.45) is 1.35. The fraction of sp³-hybridized carbons (Fsp3) is 0.0526. The molecule has 4 aromatic rings. The van der Waals surface area contributed by atoms with E-state index in [0.717, 1.165) is 15.8 Å². The maximum atomic E-state index is 12.2. The van der Waals surface area contributed by atoms with Crippen LogP contribution in [0, 0.1) is 6.92 Å². The molecule has 0 fully saturated rings. The molecule has 0 radical (unpaired) electrons. The SMILES string of the molecule is Cc1ccc(C(=O)NNc2ncnc(Nc3nc4ccccc4s3)c2N)cc1. The monoisotopic (exact) mass is 391 g/mol. The van der Waals surface area contributed by atoms with Gasteiger partial charge in [0.05, 0.1) is 10.2 Å². The highest BCUT2D eigenvalue weighted by molar-refractivity contribution is 7.22. The summed E-state index contributed by atoms with van der Waals surface area (Å²) in [5, 5.41) is 3.77. The quantitative estimate of drug-likeness (QED) is 0.385. The molecule has 0 bridgehead atoms. The molecule has 140 valence electrons. The van der Waals surface area contributed by atoms with Crippen molar-refractivity contribution in [1.29, 1.82) is 0 Å². The number of hydrogen-bond donors (Lipinski definition) is 4. The van der Waals surface area contributed by atoms with Crippen LogP contribution in [-0.2, 0) is 0 Å². The molecule has 5 N–H and O–H groups in total. The maximum Gasteiger partial charge on any atom is 0.269 e. The number of para-hydroxylation sites is 1. The van der Waals surface area contributed by atoms with Crippen LogP contribution < -0.4 is 21.9 Å². The van der Waals surface area contributed by atoms with Gasteiger partial charge in [-0.3, -0.25) is 15.6 Å². The molecular formula is C19H17N7OS. The molecule has 4 rings (SSSR count). The minimum absolute atomic E-state index is 0.269. The molecule has 0 aliphatic rings. The second-order valence-electron chi connectivity index (χ2n) is 6.04. The van der Waals surface area contributed by atoms with Gasteiger partial charge in [0.15, 0.2) is 16.8 Å². The number of nitrogens with zero attached hydrogens (tertiary/aromatic N) is 3. The van der Waals surface area contributed by atoms with Crippen molar-refractivity contribution >= 4 is 49.9 Å². The van der Waals surface area contributed by atoms with Gasteiger partial charge in [0.1, 0.15) is 12.0 Å². The molecule has 2 aromatic heterocycles. The van der Waals surface area contributed by atoms with Gasteiger partial charge in [-0.05, 0) is 31.2 Å². The Kier molecular flexibility index (Phi) is 4.73.